The minimum Gasteiger partial charge on any atom is -0.475 e. The zero-order chi connectivity index (χ0) is 12.1. The normalized spacial score (nSPS) is 14.2. The Morgan fingerprint density at radius 1 is 1.33 bits per heavy atom. The Balaban J connectivity index is 0.00000162. The summed E-state index contributed by atoms with van der Waals surface area (Å²) in [5, 5.41) is 4.48. The summed E-state index contributed by atoms with van der Waals surface area (Å²) in [6.45, 7) is 9.29. The first-order chi connectivity index (χ1) is 8.33. The lowest BCUT2D eigenvalue weighted by Crippen LogP contribution is -2.27. The van der Waals surface area contributed by atoms with E-state index in [1.54, 1.807) is 0 Å². The van der Waals surface area contributed by atoms with Crippen molar-refractivity contribution in [3.63, 3.8) is 0 Å². The molecular formula is C14H27N3O. The van der Waals surface area contributed by atoms with Crippen LogP contribution in [0.4, 0.5) is 0 Å². The van der Waals surface area contributed by atoms with Crippen LogP contribution in [0.3, 0.4) is 0 Å². The molecule has 0 bridgehead atoms. The first-order valence-electron chi connectivity index (χ1n) is 6.75. The predicted molar refractivity (Wildman–Crippen MR) is 75.2 cm³/mol. The zero-order valence-corrected chi connectivity index (χ0v) is 11.0. The van der Waals surface area contributed by atoms with E-state index in [9.17, 15) is 0 Å². The van der Waals surface area contributed by atoms with E-state index >= 15 is 0 Å². The van der Waals surface area contributed by atoms with Gasteiger partial charge in [-0.15, -0.1) is 5.10 Å². The summed E-state index contributed by atoms with van der Waals surface area (Å²) >= 11 is 0. The van der Waals surface area contributed by atoms with Gasteiger partial charge in [-0.05, 0) is 32.4 Å². The molecule has 0 aromatic carbocycles. The third-order valence-electron chi connectivity index (χ3n) is 3.45. The molecule has 104 valence electrons. The predicted octanol–water partition coefficient (Wildman–Crippen LogP) is 2.58. The number of hydrogen-bond donors (Lipinski definition) is 0. The van der Waals surface area contributed by atoms with Crippen LogP contribution in [0.2, 0.25) is 0 Å². The van der Waals surface area contributed by atoms with Crippen molar-refractivity contribution < 1.29 is 4.74 Å². The van der Waals surface area contributed by atoms with Gasteiger partial charge in [0.15, 0.2) is 0 Å². The molecule has 0 saturated heterocycles. The van der Waals surface area contributed by atoms with E-state index in [4.69, 9.17) is 4.74 Å². The maximum absolute atomic E-state index is 5.72. The lowest BCUT2D eigenvalue weighted by atomic mass is 10.1. The van der Waals surface area contributed by atoms with Crippen LogP contribution < -0.4 is 4.74 Å². The Bertz CT molecular complexity index is 321. The number of fused-ring (bicyclic) bond motifs is 1. The Kier molecular flexibility index (Phi) is 6.19. The zero-order valence-electron chi connectivity index (χ0n) is 11.0. The molecule has 0 radical (unpaired) electrons. The van der Waals surface area contributed by atoms with Crippen LogP contribution in [0.15, 0.2) is 6.07 Å². The summed E-state index contributed by atoms with van der Waals surface area (Å²) in [7, 11) is 0. The van der Waals surface area contributed by atoms with Crippen molar-refractivity contribution in [3.05, 3.63) is 11.8 Å². The molecule has 2 rings (SSSR count). The largest absolute Gasteiger partial charge is 0.475 e. The molecule has 0 fully saturated rings. The average molecular weight is 253 g/mol. The fourth-order valence-corrected chi connectivity index (χ4v) is 2.28. The second-order valence-corrected chi connectivity index (χ2v) is 4.53. The quantitative estimate of drug-likeness (QED) is 0.780. The molecule has 0 aliphatic carbocycles. The summed E-state index contributed by atoms with van der Waals surface area (Å²) in [4.78, 5) is 2.36. The highest BCUT2D eigenvalue weighted by atomic mass is 16.5. The van der Waals surface area contributed by atoms with Gasteiger partial charge in [0.05, 0.1) is 0 Å². The van der Waals surface area contributed by atoms with E-state index in [0.717, 1.165) is 45.1 Å². The molecule has 4 nitrogen and oxygen atoms in total. The van der Waals surface area contributed by atoms with Crippen molar-refractivity contribution in [2.45, 2.75) is 47.1 Å². The van der Waals surface area contributed by atoms with Crippen molar-refractivity contribution >= 4 is 0 Å². The Morgan fingerprint density at radius 3 is 2.78 bits per heavy atom. The van der Waals surface area contributed by atoms with Gasteiger partial charge in [0.1, 0.15) is 6.61 Å². The Morgan fingerprint density at radius 2 is 2.11 bits per heavy atom. The van der Waals surface area contributed by atoms with E-state index in [-0.39, 0.29) is 7.43 Å². The van der Waals surface area contributed by atoms with Crippen molar-refractivity contribution in [2.24, 2.45) is 0 Å². The highest BCUT2D eigenvalue weighted by Crippen LogP contribution is 2.19. The smallest absolute Gasteiger partial charge is 0.233 e. The van der Waals surface area contributed by atoms with Crippen LogP contribution in [0.5, 0.6) is 5.88 Å². The van der Waals surface area contributed by atoms with E-state index < -0.39 is 0 Å². The first-order valence-corrected chi connectivity index (χ1v) is 6.75. The monoisotopic (exact) mass is 253 g/mol. The lowest BCUT2D eigenvalue weighted by molar-refractivity contribution is 0.216. The van der Waals surface area contributed by atoms with Gasteiger partial charge in [-0.2, -0.15) is 0 Å². The van der Waals surface area contributed by atoms with Gasteiger partial charge in [-0.25, -0.2) is 0 Å². The van der Waals surface area contributed by atoms with Gasteiger partial charge in [0.2, 0.25) is 5.88 Å². The van der Waals surface area contributed by atoms with Gasteiger partial charge in [-0.3, -0.25) is 4.68 Å². The summed E-state index contributed by atoms with van der Waals surface area (Å²) in [6.07, 6.45) is 3.67. The van der Waals surface area contributed by atoms with Crippen LogP contribution in [-0.4, -0.2) is 40.9 Å². The molecule has 18 heavy (non-hydrogen) atoms. The highest BCUT2D eigenvalue weighted by molar-refractivity contribution is 5.16. The lowest BCUT2D eigenvalue weighted by Gasteiger charge is -2.17. The molecule has 0 N–H and O–H groups in total. The topological polar surface area (TPSA) is 30.3 Å². The minimum absolute atomic E-state index is 0. The van der Waals surface area contributed by atoms with Gasteiger partial charge in [0.25, 0.3) is 0 Å². The van der Waals surface area contributed by atoms with Crippen LogP contribution in [0, 0.1) is 0 Å². The molecule has 1 aliphatic heterocycles. The molecule has 0 amide bonds. The molecule has 4 heteroatoms. The van der Waals surface area contributed by atoms with Crippen LogP contribution in [0.25, 0.3) is 0 Å². The summed E-state index contributed by atoms with van der Waals surface area (Å²) in [5.74, 6) is 0.800. The molecule has 0 atom stereocenters. The van der Waals surface area contributed by atoms with Crippen molar-refractivity contribution in [3.8, 4) is 5.88 Å². The highest BCUT2D eigenvalue weighted by Gasteiger charge is 2.12. The number of nitrogens with zero attached hydrogens (tertiary/aromatic N) is 3. The van der Waals surface area contributed by atoms with Crippen LogP contribution in [0.1, 0.15) is 39.8 Å². The average Bonchev–Trinajstić information content (AvgIpc) is 2.77. The van der Waals surface area contributed by atoms with Gasteiger partial charge < -0.3 is 9.64 Å². The maximum Gasteiger partial charge on any atom is 0.233 e. The fourth-order valence-electron chi connectivity index (χ4n) is 2.28. The SMILES string of the molecule is C.CCN(CC)CCOc1cc2n(n1)CCCC2. The van der Waals surface area contributed by atoms with Crippen molar-refractivity contribution in [2.75, 3.05) is 26.2 Å². The van der Waals surface area contributed by atoms with E-state index in [1.165, 1.54) is 18.5 Å². The third-order valence-corrected chi connectivity index (χ3v) is 3.45. The number of hydrogen-bond acceptors (Lipinski definition) is 3. The van der Waals surface area contributed by atoms with Gasteiger partial charge in [0, 0.05) is 24.8 Å². The molecule has 1 aliphatic rings. The Hall–Kier alpha value is -1.03. The number of aromatic nitrogens is 2. The number of rotatable bonds is 6. The van der Waals surface area contributed by atoms with Gasteiger partial charge in [-0.1, -0.05) is 21.3 Å². The number of likely N-dealkylation sites (N-methyl/N-ethyl adjacent to an activating group) is 1. The molecule has 0 saturated carbocycles. The number of aryl methyl sites for hydroxylation is 2. The number of ether oxygens (including phenoxy) is 1. The maximum atomic E-state index is 5.72. The summed E-state index contributed by atoms with van der Waals surface area (Å²) < 4.78 is 7.81. The van der Waals surface area contributed by atoms with Crippen molar-refractivity contribution in [1.82, 2.24) is 14.7 Å². The second-order valence-electron chi connectivity index (χ2n) is 4.53. The summed E-state index contributed by atoms with van der Waals surface area (Å²) in [6, 6.07) is 2.10. The van der Waals surface area contributed by atoms with Crippen LogP contribution in [-0.2, 0) is 13.0 Å². The minimum atomic E-state index is 0. The first kappa shape index (κ1) is 15.0. The van der Waals surface area contributed by atoms with Gasteiger partial charge >= 0.3 is 0 Å². The molecular weight excluding hydrogens is 226 g/mol. The molecule has 1 aromatic rings. The standard InChI is InChI=1S/C13H23N3O.CH4/c1-3-15(4-2)9-10-17-13-11-12-7-5-6-8-16(12)14-13;/h11H,3-10H2,1-2H3;1H4. The Labute approximate surface area is 111 Å². The molecule has 2 heterocycles. The van der Waals surface area contributed by atoms with E-state index in [2.05, 4.69) is 34.6 Å². The molecule has 0 spiro atoms. The van der Waals surface area contributed by atoms with E-state index in [1.807, 2.05) is 0 Å². The van der Waals surface area contributed by atoms with Crippen LogP contribution >= 0.6 is 0 Å². The third kappa shape index (κ3) is 3.73. The second kappa shape index (κ2) is 7.41. The molecule has 0 unspecified atom stereocenters. The summed E-state index contributed by atoms with van der Waals surface area (Å²) in [5.41, 5.74) is 1.33. The van der Waals surface area contributed by atoms with Crippen molar-refractivity contribution in [1.29, 1.82) is 0 Å². The fraction of sp³-hybridized carbons (Fsp3) is 0.786. The molecule has 1 aromatic heterocycles. The van der Waals surface area contributed by atoms with E-state index in [0.29, 0.717) is 0 Å².